The van der Waals surface area contributed by atoms with E-state index in [-0.39, 0.29) is 39.6 Å². The third-order valence-electron chi connectivity index (χ3n) is 8.95. The van der Waals surface area contributed by atoms with Crippen molar-refractivity contribution in [2.75, 3.05) is 6.54 Å². The number of hydrogen-bond acceptors (Lipinski definition) is 10. The molecule has 0 saturated carbocycles. The van der Waals surface area contributed by atoms with Gasteiger partial charge in [0, 0.05) is 28.3 Å². The number of fused-ring (bicyclic) bond motifs is 1. The molecular formula is C37H39ClN6O9S. The first-order chi connectivity index (χ1) is 25.5. The number of Topliss-reactive ketones (excluding diaryl/α,β-unsaturated/α-hetero) is 1. The molecule has 0 spiro atoms. The molecule has 284 valence electrons. The molecule has 1 saturated heterocycles. The molecule has 0 aliphatic carbocycles. The van der Waals surface area contributed by atoms with E-state index in [2.05, 4.69) is 15.6 Å². The average molecular weight is 779 g/mol. The van der Waals surface area contributed by atoms with Crippen LogP contribution in [0.4, 0.5) is 0 Å². The Morgan fingerprint density at radius 3 is 2.02 bits per heavy atom. The molecule has 0 unspecified atom stereocenters. The molecule has 2 heterocycles. The summed E-state index contributed by atoms with van der Waals surface area (Å²) in [7, 11) is -4.19. The number of carbonyl (C=O) groups is 6. The molecule has 5 amide bonds. The maximum absolute atomic E-state index is 13.9. The van der Waals surface area contributed by atoms with E-state index in [9.17, 15) is 37.2 Å². The van der Waals surface area contributed by atoms with Crippen molar-refractivity contribution in [1.29, 1.82) is 0 Å². The van der Waals surface area contributed by atoms with Crippen LogP contribution >= 0.6 is 11.6 Å². The molecule has 17 heteroatoms. The van der Waals surface area contributed by atoms with Crippen molar-refractivity contribution in [2.24, 2.45) is 17.6 Å². The van der Waals surface area contributed by atoms with E-state index >= 15 is 0 Å². The highest BCUT2D eigenvalue weighted by Crippen LogP contribution is 2.24. The number of nitrogens with two attached hydrogens (primary N) is 1. The number of carbonyl (C=O) groups excluding carboxylic acids is 6. The van der Waals surface area contributed by atoms with Gasteiger partial charge >= 0.3 is 0 Å². The molecule has 3 atom stereocenters. The van der Waals surface area contributed by atoms with Gasteiger partial charge in [0.05, 0.1) is 10.9 Å². The van der Waals surface area contributed by atoms with Crippen molar-refractivity contribution in [3.05, 3.63) is 94.3 Å². The van der Waals surface area contributed by atoms with E-state index in [0.29, 0.717) is 23.4 Å². The second-order valence-electron chi connectivity index (χ2n) is 13.5. The molecule has 0 bridgehead atoms. The van der Waals surface area contributed by atoms with Crippen LogP contribution < -0.4 is 21.1 Å². The number of rotatable bonds is 13. The van der Waals surface area contributed by atoms with Gasteiger partial charge in [0.25, 0.3) is 27.7 Å². The monoisotopic (exact) mass is 778 g/mol. The van der Waals surface area contributed by atoms with Gasteiger partial charge in [0.1, 0.15) is 17.6 Å². The lowest BCUT2D eigenvalue weighted by Gasteiger charge is -2.31. The molecule has 1 aliphatic heterocycles. The second kappa shape index (κ2) is 16.2. The summed E-state index contributed by atoms with van der Waals surface area (Å²) >= 11 is 5.82. The van der Waals surface area contributed by atoms with Crippen molar-refractivity contribution >= 4 is 68.0 Å². The molecule has 1 aromatic heterocycles. The van der Waals surface area contributed by atoms with Crippen molar-refractivity contribution in [2.45, 2.75) is 63.6 Å². The van der Waals surface area contributed by atoms with Crippen LogP contribution in [-0.4, -0.2) is 78.3 Å². The molecular weight excluding hydrogens is 740 g/mol. The molecule has 15 nitrogen and oxygen atoms in total. The molecule has 5 N–H and O–H groups in total. The van der Waals surface area contributed by atoms with Crippen LogP contribution in [0.15, 0.2) is 76.0 Å². The Morgan fingerprint density at radius 2 is 1.43 bits per heavy atom. The normalized spacial score (nSPS) is 15.5. The summed E-state index contributed by atoms with van der Waals surface area (Å²) in [4.78, 5) is 84.2. The predicted octanol–water partition coefficient (Wildman–Crippen LogP) is 3.47. The Balaban J connectivity index is 1.24. The van der Waals surface area contributed by atoms with E-state index < -0.39 is 75.3 Å². The lowest BCUT2D eigenvalue weighted by Crippen LogP contribution is -2.57. The van der Waals surface area contributed by atoms with E-state index in [4.69, 9.17) is 21.8 Å². The summed E-state index contributed by atoms with van der Waals surface area (Å²) in [5, 5.41) is 5.83. The van der Waals surface area contributed by atoms with Crippen LogP contribution in [-0.2, 0) is 19.6 Å². The quantitative estimate of drug-likeness (QED) is 0.145. The highest BCUT2D eigenvalue weighted by Gasteiger charge is 2.40. The molecule has 3 aromatic carbocycles. The number of nitrogens with one attached hydrogen (secondary N) is 3. The molecule has 1 fully saturated rings. The molecule has 5 rings (SSSR count). The average Bonchev–Trinajstić information content (AvgIpc) is 3.80. The number of halogens is 1. The molecule has 4 aromatic rings. The van der Waals surface area contributed by atoms with Gasteiger partial charge in [-0.05, 0) is 91.4 Å². The van der Waals surface area contributed by atoms with Crippen molar-refractivity contribution in [3.8, 4) is 0 Å². The number of nitrogens with zero attached hydrogens (tertiary/aromatic N) is 2. The number of hydrogen-bond donors (Lipinski definition) is 4. The summed E-state index contributed by atoms with van der Waals surface area (Å²) in [6, 6.07) is 11.8. The van der Waals surface area contributed by atoms with Crippen molar-refractivity contribution < 1.29 is 41.6 Å². The topological polar surface area (TPSA) is 228 Å². The summed E-state index contributed by atoms with van der Waals surface area (Å²) in [6.45, 7) is 7.19. The number of amides is 5. The Morgan fingerprint density at radius 1 is 0.833 bits per heavy atom. The smallest absolute Gasteiger partial charge is 0.266 e. The van der Waals surface area contributed by atoms with Gasteiger partial charge < -0.3 is 25.7 Å². The van der Waals surface area contributed by atoms with E-state index in [1.165, 1.54) is 71.6 Å². The van der Waals surface area contributed by atoms with Gasteiger partial charge in [0.2, 0.25) is 23.5 Å². The molecule has 54 heavy (non-hydrogen) atoms. The number of oxazole rings is 1. The maximum Gasteiger partial charge on any atom is 0.266 e. The lowest BCUT2D eigenvalue weighted by atomic mass is 9.98. The minimum absolute atomic E-state index is 0.0296. The Kier molecular flexibility index (Phi) is 11.9. The fourth-order valence-corrected chi connectivity index (χ4v) is 7.05. The summed E-state index contributed by atoms with van der Waals surface area (Å²) < 4.78 is 32.8. The van der Waals surface area contributed by atoms with Crippen LogP contribution in [0.25, 0.3) is 11.1 Å². The Labute approximate surface area is 316 Å². The second-order valence-corrected chi connectivity index (χ2v) is 15.6. The van der Waals surface area contributed by atoms with Gasteiger partial charge in [0.15, 0.2) is 5.58 Å². The number of sulfonamides is 1. The lowest BCUT2D eigenvalue weighted by molar-refractivity contribution is -0.140. The standard InChI is InChI=1S/C37H39ClN6O9S/c1-19(2)29(31(45)36-40-26-16-11-23(32(39)46)18-28(26)53-36)41-35(49)27-6-5-17-44(27)37(50)30(20(3)4)42-33(47)21-7-9-22(10-8-21)34(48)43-54(51,52)25-14-12-24(38)13-15-25/h7-16,18-20,27,29-30H,5-6,17H2,1-4H3,(H2,39,46)(H,41,49)(H,42,47)(H,43,48)/t27-,29-,30-/m0/s1. The predicted molar refractivity (Wildman–Crippen MR) is 197 cm³/mol. The van der Waals surface area contributed by atoms with Gasteiger partial charge in [-0.25, -0.2) is 18.1 Å². The summed E-state index contributed by atoms with van der Waals surface area (Å²) in [5.74, 6) is -4.91. The highest BCUT2D eigenvalue weighted by atomic mass is 35.5. The first-order valence-corrected chi connectivity index (χ1v) is 18.9. The summed E-state index contributed by atoms with van der Waals surface area (Å²) in [6.07, 6.45) is 0.832. The molecule has 0 radical (unpaired) electrons. The zero-order chi connectivity index (χ0) is 39.5. The largest absolute Gasteiger partial charge is 0.434 e. The summed E-state index contributed by atoms with van der Waals surface area (Å²) in [5.41, 5.74) is 6.10. The zero-order valence-electron chi connectivity index (χ0n) is 29.8. The van der Waals surface area contributed by atoms with Crippen molar-refractivity contribution in [3.63, 3.8) is 0 Å². The number of aromatic nitrogens is 1. The highest BCUT2D eigenvalue weighted by molar-refractivity contribution is 7.90. The van der Waals surface area contributed by atoms with Crippen LogP contribution in [0.5, 0.6) is 0 Å². The van der Waals surface area contributed by atoms with Crippen LogP contribution in [0.3, 0.4) is 0 Å². The number of benzene rings is 3. The zero-order valence-corrected chi connectivity index (χ0v) is 31.4. The van der Waals surface area contributed by atoms with Crippen LogP contribution in [0, 0.1) is 11.8 Å². The third-order valence-corrected chi connectivity index (χ3v) is 10.5. The SMILES string of the molecule is CC(C)[C@H](NC(=O)[C@@H]1CCCN1C(=O)[C@@H](NC(=O)c1ccc(C(=O)NS(=O)(=O)c2ccc(Cl)cc2)cc1)C(C)C)C(=O)c1nc2ccc(C(N)=O)cc2o1. The van der Waals surface area contributed by atoms with E-state index in [1.54, 1.807) is 27.7 Å². The van der Waals surface area contributed by atoms with E-state index in [1.807, 2.05) is 4.72 Å². The van der Waals surface area contributed by atoms with E-state index in [0.717, 1.165) is 0 Å². The van der Waals surface area contributed by atoms with Crippen molar-refractivity contribution in [1.82, 2.24) is 25.2 Å². The minimum atomic E-state index is -4.19. The third kappa shape index (κ3) is 8.77. The molecule has 1 aliphatic rings. The number of primary amides is 1. The number of likely N-dealkylation sites (tertiary alicyclic amines) is 1. The first kappa shape index (κ1) is 39.6. The van der Waals surface area contributed by atoms with Gasteiger partial charge in [-0.3, -0.25) is 28.8 Å². The maximum atomic E-state index is 13.9. The van der Waals surface area contributed by atoms with Gasteiger partial charge in [-0.15, -0.1) is 0 Å². The van der Waals surface area contributed by atoms with Crippen LogP contribution in [0.2, 0.25) is 5.02 Å². The fourth-order valence-electron chi connectivity index (χ4n) is 5.95. The Hall–Kier alpha value is -5.61. The van der Waals surface area contributed by atoms with Crippen LogP contribution in [0.1, 0.15) is 82.3 Å². The minimum Gasteiger partial charge on any atom is -0.434 e. The Bertz CT molecular complexity index is 2220. The first-order valence-electron chi connectivity index (χ1n) is 17.1. The fraction of sp³-hybridized carbons (Fsp3) is 0.324. The van der Waals surface area contributed by atoms with Gasteiger partial charge in [-0.2, -0.15) is 0 Å². The van der Waals surface area contributed by atoms with Gasteiger partial charge in [-0.1, -0.05) is 39.3 Å². The number of ketones is 1.